The lowest BCUT2D eigenvalue weighted by Gasteiger charge is -2.10. The van der Waals surface area contributed by atoms with E-state index in [0.717, 1.165) is 5.56 Å². The van der Waals surface area contributed by atoms with Crippen molar-refractivity contribution in [2.24, 2.45) is 0 Å². The van der Waals surface area contributed by atoms with Crippen molar-refractivity contribution in [2.75, 3.05) is 11.3 Å². The molecule has 0 saturated heterocycles. The van der Waals surface area contributed by atoms with E-state index in [4.69, 9.17) is 11.6 Å². The van der Waals surface area contributed by atoms with Gasteiger partial charge < -0.3 is 5.32 Å². The summed E-state index contributed by atoms with van der Waals surface area (Å²) in [6, 6.07) is 10.7. The fourth-order valence-corrected chi connectivity index (χ4v) is 3.22. The molecule has 2 aromatic carbocycles. The maximum absolute atomic E-state index is 12.5. The van der Waals surface area contributed by atoms with Crippen LogP contribution in [0.3, 0.4) is 0 Å². The third-order valence-electron chi connectivity index (χ3n) is 3.24. The molecule has 7 heteroatoms. The largest absolute Gasteiger partial charge is 0.349 e. The van der Waals surface area contributed by atoms with Gasteiger partial charge in [0.05, 0.1) is 10.6 Å². The van der Waals surface area contributed by atoms with Gasteiger partial charge >= 0.3 is 0 Å². The van der Waals surface area contributed by atoms with Crippen LogP contribution in [0.5, 0.6) is 0 Å². The average Bonchev–Trinajstić information content (AvgIpc) is 2.56. The van der Waals surface area contributed by atoms with Crippen LogP contribution in [0.1, 0.15) is 15.9 Å². The fraction of sp³-hybridized carbons (Fsp3) is 0.118. The first-order valence-corrected chi connectivity index (χ1v) is 8.98. The second-order valence-electron chi connectivity index (χ2n) is 5.10. The predicted octanol–water partition coefficient (Wildman–Crippen LogP) is 3.37. The van der Waals surface area contributed by atoms with E-state index in [1.54, 1.807) is 24.3 Å². The molecule has 0 aromatic heterocycles. The van der Waals surface area contributed by atoms with Crippen LogP contribution in [0.4, 0.5) is 5.69 Å². The highest BCUT2D eigenvalue weighted by Crippen LogP contribution is 2.23. The molecule has 2 N–H and O–H groups in total. The molecule has 0 atom stereocenters. The summed E-state index contributed by atoms with van der Waals surface area (Å²) in [5.74, 6) is -0.370. The molecular weight excluding hydrogens is 348 g/mol. The number of benzene rings is 2. The molecule has 0 aliphatic rings. The Balaban J connectivity index is 2.27. The number of hydrogen-bond donors (Lipinski definition) is 2. The first-order chi connectivity index (χ1) is 11.3. The average molecular weight is 365 g/mol. The molecule has 0 fully saturated rings. The maximum atomic E-state index is 12.5. The number of nitrogens with one attached hydrogen (secondary N) is 2. The molecule has 0 aliphatic heterocycles. The summed E-state index contributed by atoms with van der Waals surface area (Å²) in [6.07, 6.45) is 1.54. The Hall–Kier alpha value is -2.31. The van der Waals surface area contributed by atoms with Crippen molar-refractivity contribution in [2.45, 2.75) is 11.8 Å². The molecule has 0 saturated carbocycles. The number of halogens is 1. The lowest BCUT2D eigenvalue weighted by Crippen LogP contribution is -2.23. The lowest BCUT2D eigenvalue weighted by atomic mass is 10.2. The van der Waals surface area contributed by atoms with Crippen LogP contribution < -0.4 is 10.0 Å². The van der Waals surface area contributed by atoms with Gasteiger partial charge in [0.25, 0.3) is 15.9 Å². The number of hydrogen-bond acceptors (Lipinski definition) is 3. The van der Waals surface area contributed by atoms with E-state index in [2.05, 4.69) is 16.6 Å². The summed E-state index contributed by atoms with van der Waals surface area (Å²) in [5.41, 5.74) is 1.45. The highest BCUT2D eigenvalue weighted by molar-refractivity contribution is 7.92. The quantitative estimate of drug-likeness (QED) is 0.772. The Kier molecular flexibility index (Phi) is 5.64. The van der Waals surface area contributed by atoms with E-state index in [1.807, 2.05) is 6.92 Å². The predicted molar refractivity (Wildman–Crippen MR) is 96.0 cm³/mol. The minimum Gasteiger partial charge on any atom is -0.349 e. The van der Waals surface area contributed by atoms with Gasteiger partial charge in [0.15, 0.2) is 0 Å². The van der Waals surface area contributed by atoms with Crippen molar-refractivity contribution in [1.29, 1.82) is 0 Å². The van der Waals surface area contributed by atoms with E-state index >= 15 is 0 Å². The summed E-state index contributed by atoms with van der Waals surface area (Å²) in [5, 5.41) is 3.07. The minimum absolute atomic E-state index is 0.00884. The number of carbonyl (C=O) groups is 1. The molecule has 24 heavy (non-hydrogen) atoms. The molecule has 0 aliphatic carbocycles. The first kappa shape index (κ1) is 18.0. The van der Waals surface area contributed by atoms with E-state index in [1.165, 1.54) is 24.3 Å². The molecule has 2 rings (SSSR count). The zero-order valence-corrected chi connectivity index (χ0v) is 14.6. The second kappa shape index (κ2) is 7.51. The van der Waals surface area contributed by atoms with Gasteiger partial charge in [-0.3, -0.25) is 9.52 Å². The van der Waals surface area contributed by atoms with Crippen molar-refractivity contribution in [3.05, 3.63) is 71.3 Å². The van der Waals surface area contributed by atoms with Gasteiger partial charge in [-0.1, -0.05) is 29.8 Å². The van der Waals surface area contributed by atoms with Gasteiger partial charge in [-0.2, -0.15) is 0 Å². The molecule has 1 amide bonds. The Labute approximate surface area is 146 Å². The number of aryl methyl sites for hydroxylation is 1. The molecule has 0 radical (unpaired) electrons. The molecule has 2 aromatic rings. The highest BCUT2D eigenvalue weighted by atomic mass is 35.5. The van der Waals surface area contributed by atoms with Gasteiger partial charge in [-0.25, -0.2) is 8.42 Å². The normalized spacial score (nSPS) is 10.9. The zero-order valence-electron chi connectivity index (χ0n) is 13.0. The Bertz CT molecular complexity index is 879. The van der Waals surface area contributed by atoms with Gasteiger partial charge in [-0.15, -0.1) is 6.58 Å². The molecule has 126 valence electrons. The number of rotatable bonds is 6. The summed E-state index contributed by atoms with van der Waals surface area (Å²) in [6.45, 7) is 5.64. The number of amides is 1. The second-order valence-corrected chi connectivity index (χ2v) is 7.19. The van der Waals surface area contributed by atoms with E-state index in [0.29, 0.717) is 17.3 Å². The van der Waals surface area contributed by atoms with Crippen LogP contribution in [0.15, 0.2) is 60.0 Å². The van der Waals surface area contributed by atoms with Crippen LogP contribution in [0.25, 0.3) is 0 Å². The standard InChI is InChI=1S/C17H17ClN2O3S/c1-3-9-19-17(21)13-5-4-6-15(10-13)24(22,23)20-14-8-7-12(2)16(18)11-14/h3-8,10-11,20H,1,9H2,2H3,(H,19,21). The van der Waals surface area contributed by atoms with Crippen LogP contribution in [-0.2, 0) is 10.0 Å². The van der Waals surface area contributed by atoms with Gasteiger partial charge in [0, 0.05) is 17.1 Å². The van der Waals surface area contributed by atoms with Crippen molar-refractivity contribution in [3.63, 3.8) is 0 Å². The van der Waals surface area contributed by atoms with Crippen LogP contribution in [-0.4, -0.2) is 20.9 Å². The lowest BCUT2D eigenvalue weighted by molar-refractivity contribution is 0.0958. The van der Waals surface area contributed by atoms with Crippen molar-refractivity contribution in [1.82, 2.24) is 5.32 Å². The number of anilines is 1. The maximum Gasteiger partial charge on any atom is 0.261 e. The molecule has 0 spiro atoms. The third kappa shape index (κ3) is 4.37. The smallest absolute Gasteiger partial charge is 0.261 e. The Morgan fingerprint density at radius 2 is 2.00 bits per heavy atom. The molecule has 0 unspecified atom stereocenters. The van der Waals surface area contributed by atoms with Gasteiger partial charge in [0.1, 0.15) is 0 Å². The minimum atomic E-state index is -3.83. The Morgan fingerprint density at radius 1 is 1.25 bits per heavy atom. The summed E-state index contributed by atoms with van der Waals surface area (Å²) < 4.78 is 27.4. The summed E-state index contributed by atoms with van der Waals surface area (Å²) >= 11 is 6.01. The first-order valence-electron chi connectivity index (χ1n) is 7.11. The van der Waals surface area contributed by atoms with Crippen molar-refractivity contribution >= 4 is 33.2 Å². The van der Waals surface area contributed by atoms with E-state index in [-0.39, 0.29) is 16.4 Å². The van der Waals surface area contributed by atoms with Crippen LogP contribution in [0.2, 0.25) is 5.02 Å². The zero-order chi connectivity index (χ0) is 17.7. The highest BCUT2D eigenvalue weighted by Gasteiger charge is 2.16. The van der Waals surface area contributed by atoms with E-state index < -0.39 is 10.0 Å². The van der Waals surface area contributed by atoms with E-state index in [9.17, 15) is 13.2 Å². The molecule has 0 bridgehead atoms. The number of sulfonamides is 1. The fourth-order valence-electron chi connectivity index (χ4n) is 1.94. The summed E-state index contributed by atoms with van der Waals surface area (Å²) in [7, 11) is -3.83. The molecule has 5 nitrogen and oxygen atoms in total. The third-order valence-corrected chi connectivity index (χ3v) is 5.02. The van der Waals surface area contributed by atoms with Crippen molar-refractivity contribution < 1.29 is 13.2 Å². The SMILES string of the molecule is C=CCNC(=O)c1cccc(S(=O)(=O)Nc2ccc(C)c(Cl)c2)c1. The summed E-state index contributed by atoms with van der Waals surface area (Å²) in [4.78, 5) is 11.9. The van der Waals surface area contributed by atoms with Gasteiger partial charge in [-0.05, 0) is 42.8 Å². The van der Waals surface area contributed by atoms with Crippen LogP contribution >= 0.6 is 11.6 Å². The monoisotopic (exact) mass is 364 g/mol. The Morgan fingerprint density at radius 3 is 2.67 bits per heavy atom. The topological polar surface area (TPSA) is 75.3 Å². The van der Waals surface area contributed by atoms with Crippen molar-refractivity contribution in [3.8, 4) is 0 Å². The van der Waals surface area contributed by atoms with Gasteiger partial charge in [0.2, 0.25) is 0 Å². The molecule has 0 heterocycles. The van der Waals surface area contributed by atoms with Crippen LogP contribution in [0, 0.1) is 6.92 Å². The number of carbonyl (C=O) groups excluding carboxylic acids is 1. The molecular formula is C17H17ClN2O3S.